The van der Waals surface area contributed by atoms with Crippen LogP contribution < -0.4 is 0 Å². The van der Waals surface area contributed by atoms with Crippen molar-refractivity contribution in [3.63, 3.8) is 0 Å². The molecule has 1 saturated heterocycles. The Labute approximate surface area is 203 Å². The molecule has 6 nitrogen and oxygen atoms in total. The summed E-state index contributed by atoms with van der Waals surface area (Å²) in [6.45, 7) is 14.0. The molecule has 196 valence electrons. The van der Waals surface area contributed by atoms with Gasteiger partial charge in [-0.1, -0.05) is 65.2 Å². The normalized spacial score (nSPS) is 33.2. The van der Waals surface area contributed by atoms with Gasteiger partial charge in [-0.2, -0.15) is 0 Å². The molecule has 1 aliphatic heterocycles. The second-order valence-corrected chi connectivity index (χ2v) is 10.4. The Kier molecular flexibility index (Phi) is 15.5. The summed E-state index contributed by atoms with van der Waals surface area (Å²) in [6, 6.07) is 0. The summed E-state index contributed by atoms with van der Waals surface area (Å²) in [6.07, 6.45) is 10.4. The summed E-state index contributed by atoms with van der Waals surface area (Å²) in [5, 5.41) is 10.4. The van der Waals surface area contributed by atoms with Crippen LogP contribution in [0.5, 0.6) is 0 Å². The van der Waals surface area contributed by atoms with Gasteiger partial charge in [-0.25, -0.2) is 0 Å². The predicted molar refractivity (Wildman–Crippen MR) is 133 cm³/mol. The van der Waals surface area contributed by atoms with Crippen molar-refractivity contribution in [2.75, 3.05) is 26.4 Å². The Morgan fingerprint density at radius 3 is 1.61 bits per heavy atom. The molecule has 1 rings (SSSR count). The zero-order chi connectivity index (χ0) is 24.7. The van der Waals surface area contributed by atoms with E-state index in [2.05, 4.69) is 6.92 Å². The molecule has 0 aromatic rings. The van der Waals surface area contributed by atoms with Gasteiger partial charge in [-0.05, 0) is 46.5 Å². The van der Waals surface area contributed by atoms with Crippen molar-refractivity contribution in [2.24, 2.45) is 11.3 Å². The Morgan fingerprint density at radius 1 is 0.697 bits per heavy atom. The summed E-state index contributed by atoms with van der Waals surface area (Å²) >= 11 is 0. The lowest BCUT2D eigenvalue weighted by atomic mass is 9.69. The van der Waals surface area contributed by atoms with Gasteiger partial charge in [0, 0.05) is 0 Å². The van der Waals surface area contributed by atoms with Gasteiger partial charge in [0.2, 0.25) is 0 Å². The number of ether oxygens (including phenoxy) is 4. The van der Waals surface area contributed by atoms with Crippen molar-refractivity contribution in [2.45, 2.75) is 130 Å². The van der Waals surface area contributed by atoms with Gasteiger partial charge in [0.15, 0.2) is 0 Å². The molecule has 0 aromatic carbocycles. The summed E-state index contributed by atoms with van der Waals surface area (Å²) in [7, 11) is 0. The molecular formula is C27H52O6. The van der Waals surface area contributed by atoms with E-state index in [4.69, 9.17) is 18.9 Å². The second kappa shape index (κ2) is 16.9. The Balaban J connectivity index is 2.82. The van der Waals surface area contributed by atoms with E-state index in [-0.39, 0.29) is 30.3 Å². The molecule has 1 aliphatic rings. The standard InChI is InChI=1S/C27H52O6/c1-7-8-9-10-11-12-13-14-15-27(26(28)29)16-22(3)31-18-24(5)33-20-25(6)32-19-23(4)30-17-21(27)2/h21-25H,7-20H2,1-6H3,(H,28,29). The molecule has 0 saturated carbocycles. The fraction of sp³-hybridized carbons (Fsp3) is 0.963. The van der Waals surface area contributed by atoms with Gasteiger partial charge in [0.05, 0.1) is 56.3 Å². The number of aliphatic carboxylic acids is 1. The molecule has 1 heterocycles. The van der Waals surface area contributed by atoms with Crippen LogP contribution in [-0.2, 0) is 23.7 Å². The molecule has 0 bridgehead atoms. The zero-order valence-corrected chi connectivity index (χ0v) is 22.3. The van der Waals surface area contributed by atoms with Crippen LogP contribution in [0.15, 0.2) is 0 Å². The van der Waals surface area contributed by atoms with Crippen LogP contribution in [0.25, 0.3) is 0 Å². The van der Waals surface area contributed by atoms with E-state index in [0.717, 1.165) is 12.8 Å². The number of hydrogen-bond acceptors (Lipinski definition) is 5. The minimum Gasteiger partial charge on any atom is -0.481 e. The average Bonchev–Trinajstić information content (AvgIpc) is 2.78. The van der Waals surface area contributed by atoms with E-state index in [1.54, 1.807) is 0 Å². The fourth-order valence-corrected chi connectivity index (χ4v) is 4.61. The van der Waals surface area contributed by atoms with Crippen LogP contribution in [0.1, 0.15) is 106 Å². The third-order valence-electron chi connectivity index (χ3n) is 6.97. The molecule has 0 aliphatic carbocycles. The van der Waals surface area contributed by atoms with Gasteiger partial charge in [-0.15, -0.1) is 0 Å². The van der Waals surface area contributed by atoms with Crippen molar-refractivity contribution in [3.05, 3.63) is 0 Å². The topological polar surface area (TPSA) is 74.2 Å². The Bertz CT molecular complexity index is 513. The van der Waals surface area contributed by atoms with E-state index in [9.17, 15) is 9.90 Å². The average molecular weight is 473 g/mol. The predicted octanol–water partition coefficient (Wildman–Crippen LogP) is 6.25. The summed E-state index contributed by atoms with van der Waals surface area (Å²) in [4.78, 5) is 12.7. The van der Waals surface area contributed by atoms with Gasteiger partial charge >= 0.3 is 5.97 Å². The van der Waals surface area contributed by atoms with Crippen molar-refractivity contribution in [3.8, 4) is 0 Å². The highest BCUT2D eigenvalue weighted by Gasteiger charge is 2.44. The molecule has 1 N–H and O–H groups in total. The van der Waals surface area contributed by atoms with Crippen molar-refractivity contribution < 1.29 is 28.8 Å². The molecule has 0 aromatic heterocycles. The maximum atomic E-state index is 12.7. The zero-order valence-electron chi connectivity index (χ0n) is 22.3. The lowest BCUT2D eigenvalue weighted by Crippen LogP contribution is -2.43. The van der Waals surface area contributed by atoms with Crippen molar-refractivity contribution in [1.82, 2.24) is 0 Å². The number of carbonyl (C=O) groups is 1. The number of hydrogen-bond donors (Lipinski definition) is 1. The third kappa shape index (κ3) is 12.0. The van der Waals surface area contributed by atoms with Gasteiger partial charge in [-0.3, -0.25) is 4.79 Å². The highest BCUT2D eigenvalue weighted by atomic mass is 16.6. The largest absolute Gasteiger partial charge is 0.481 e. The molecule has 6 heteroatoms. The van der Waals surface area contributed by atoms with Crippen molar-refractivity contribution in [1.29, 1.82) is 0 Å². The van der Waals surface area contributed by atoms with E-state index < -0.39 is 11.4 Å². The van der Waals surface area contributed by atoms with Crippen LogP contribution in [0.4, 0.5) is 0 Å². The summed E-state index contributed by atoms with van der Waals surface area (Å²) < 4.78 is 23.8. The van der Waals surface area contributed by atoms with E-state index >= 15 is 0 Å². The van der Waals surface area contributed by atoms with Gasteiger partial charge in [0.25, 0.3) is 0 Å². The number of carboxylic acids is 1. The quantitative estimate of drug-likeness (QED) is 0.379. The first-order valence-electron chi connectivity index (χ1n) is 13.4. The molecular weight excluding hydrogens is 420 g/mol. The van der Waals surface area contributed by atoms with Crippen LogP contribution in [0.3, 0.4) is 0 Å². The lowest BCUT2D eigenvalue weighted by molar-refractivity contribution is -0.160. The SMILES string of the molecule is CCCCCCCCCCC1(C(=O)O)CC(C)OCC(C)OCC(C)OCC(C)OCC1C. The first-order chi connectivity index (χ1) is 15.7. The monoisotopic (exact) mass is 472 g/mol. The fourth-order valence-electron chi connectivity index (χ4n) is 4.61. The Hall–Kier alpha value is -0.690. The minimum atomic E-state index is -0.861. The molecule has 0 radical (unpaired) electrons. The molecule has 6 atom stereocenters. The number of rotatable bonds is 10. The van der Waals surface area contributed by atoms with E-state index in [0.29, 0.717) is 39.3 Å². The molecule has 0 amide bonds. The van der Waals surface area contributed by atoms with Crippen LogP contribution in [0, 0.1) is 11.3 Å². The first-order valence-corrected chi connectivity index (χ1v) is 13.4. The highest BCUT2D eigenvalue weighted by Crippen LogP contribution is 2.40. The molecule has 6 unspecified atom stereocenters. The van der Waals surface area contributed by atoms with Crippen molar-refractivity contribution >= 4 is 5.97 Å². The van der Waals surface area contributed by atoms with E-state index in [1.807, 2.05) is 34.6 Å². The second-order valence-electron chi connectivity index (χ2n) is 10.4. The van der Waals surface area contributed by atoms with Crippen LogP contribution >= 0.6 is 0 Å². The third-order valence-corrected chi connectivity index (χ3v) is 6.97. The number of carboxylic acid groups (broad SMARTS) is 1. The summed E-state index contributed by atoms with van der Waals surface area (Å²) in [5.74, 6) is -0.854. The molecule has 33 heavy (non-hydrogen) atoms. The molecule has 0 spiro atoms. The minimum absolute atomic E-state index is 0.0291. The van der Waals surface area contributed by atoms with Crippen LogP contribution in [-0.4, -0.2) is 61.9 Å². The summed E-state index contributed by atoms with van der Waals surface area (Å²) in [5.41, 5.74) is -0.861. The number of unbranched alkanes of at least 4 members (excludes halogenated alkanes) is 7. The maximum absolute atomic E-state index is 12.7. The highest BCUT2D eigenvalue weighted by molar-refractivity contribution is 5.75. The van der Waals surface area contributed by atoms with Crippen LogP contribution in [0.2, 0.25) is 0 Å². The van der Waals surface area contributed by atoms with Gasteiger partial charge in [0.1, 0.15) is 0 Å². The smallest absolute Gasteiger partial charge is 0.310 e. The van der Waals surface area contributed by atoms with E-state index in [1.165, 1.54) is 38.5 Å². The lowest BCUT2D eigenvalue weighted by Gasteiger charge is -2.38. The van der Waals surface area contributed by atoms with Gasteiger partial charge < -0.3 is 24.1 Å². The molecule has 1 fully saturated rings. The first kappa shape index (κ1) is 30.3. The Morgan fingerprint density at radius 2 is 1.12 bits per heavy atom. The maximum Gasteiger partial charge on any atom is 0.310 e.